The maximum absolute atomic E-state index is 10.6. The monoisotopic (exact) mass is 194 g/mol. The fourth-order valence-electron chi connectivity index (χ4n) is 1.44. The van der Waals surface area contributed by atoms with E-state index >= 15 is 0 Å². The summed E-state index contributed by atoms with van der Waals surface area (Å²) in [7, 11) is 0. The van der Waals surface area contributed by atoms with Gasteiger partial charge in [0.25, 0.3) is 5.69 Å². The average Bonchev–Trinajstić information content (AvgIpc) is 2.07. The van der Waals surface area contributed by atoms with Crippen molar-refractivity contribution in [1.82, 2.24) is 0 Å². The van der Waals surface area contributed by atoms with Crippen LogP contribution in [0.5, 0.6) is 0 Å². The van der Waals surface area contributed by atoms with Gasteiger partial charge in [-0.15, -0.1) is 0 Å². The van der Waals surface area contributed by atoms with E-state index in [0.29, 0.717) is 6.42 Å². The van der Waals surface area contributed by atoms with Crippen molar-refractivity contribution in [3.63, 3.8) is 0 Å². The lowest BCUT2D eigenvalue weighted by Gasteiger charge is -2.08. The van der Waals surface area contributed by atoms with Crippen molar-refractivity contribution in [3.8, 4) is 0 Å². The molecule has 0 bridgehead atoms. The molecule has 0 aliphatic heterocycles. The van der Waals surface area contributed by atoms with Crippen molar-refractivity contribution >= 4 is 5.69 Å². The van der Waals surface area contributed by atoms with Crippen LogP contribution in [0.1, 0.15) is 18.1 Å². The third-order valence-corrected chi connectivity index (χ3v) is 2.16. The first-order valence-electron chi connectivity index (χ1n) is 4.51. The topological polar surface area (TPSA) is 69.2 Å². The van der Waals surface area contributed by atoms with E-state index in [2.05, 4.69) is 0 Å². The fourth-order valence-corrected chi connectivity index (χ4v) is 1.44. The first-order chi connectivity index (χ1) is 6.52. The Morgan fingerprint density at radius 2 is 2.21 bits per heavy atom. The molecule has 0 aliphatic carbocycles. The highest BCUT2D eigenvalue weighted by Gasteiger charge is 2.13. The van der Waals surface area contributed by atoms with Crippen LogP contribution in [0.2, 0.25) is 0 Å². The van der Waals surface area contributed by atoms with Gasteiger partial charge in [-0.25, -0.2) is 0 Å². The second-order valence-corrected chi connectivity index (χ2v) is 3.50. The van der Waals surface area contributed by atoms with Crippen molar-refractivity contribution < 1.29 is 4.92 Å². The molecule has 1 aromatic rings. The predicted octanol–water partition coefficient (Wildman–Crippen LogP) is 1.79. The van der Waals surface area contributed by atoms with Crippen LogP contribution in [0.4, 0.5) is 5.69 Å². The molecule has 0 aliphatic rings. The summed E-state index contributed by atoms with van der Waals surface area (Å²) in [5.74, 6) is 0. The third kappa shape index (κ3) is 2.29. The molecule has 0 aromatic heterocycles. The maximum atomic E-state index is 10.6. The van der Waals surface area contributed by atoms with Crippen LogP contribution in [0.25, 0.3) is 0 Å². The molecule has 0 saturated heterocycles. The minimum atomic E-state index is -0.361. The maximum Gasteiger partial charge on any atom is 0.272 e. The largest absolute Gasteiger partial charge is 0.328 e. The van der Waals surface area contributed by atoms with Gasteiger partial charge in [0.1, 0.15) is 0 Å². The van der Waals surface area contributed by atoms with Gasteiger partial charge in [0.2, 0.25) is 0 Å². The number of nitrogens with zero attached hydrogens (tertiary/aromatic N) is 1. The molecular weight excluding hydrogens is 180 g/mol. The molecule has 0 spiro atoms. The molecule has 1 unspecified atom stereocenters. The zero-order chi connectivity index (χ0) is 10.7. The summed E-state index contributed by atoms with van der Waals surface area (Å²) in [5, 5.41) is 10.6. The molecule has 1 atom stereocenters. The molecule has 0 fully saturated rings. The quantitative estimate of drug-likeness (QED) is 0.589. The Morgan fingerprint density at radius 3 is 2.71 bits per heavy atom. The molecule has 0 amide bonds. The van der Waals surface area contributed by atoms with Crippen molar-refractivity contribution in [2.75, 3.05) is 0 Å². The van der Waals surface area contributed by atoms with E-state index in [-0.39, 0.29) is 16.7 Å². The number of nitrogens with two attached hydrogens (primary N) is 1. The third-order valence-electron chi connectivity index (χ3n) is 2.16. The molecule has 1 rings (SSSR count). The molecule has 0 saturated carbocycles. The molecule has 4 nitrogen and oxygen atoms in total. The molecule has 1 aromatic carbocycles. The highest BCUT2D eigenvalue weighted by atomic mass is 16.6. The normalized spacial score (nSPS) is 12.5. The summed E-state index contributed by atoms with van der Waals surface area (Å²) in [5.41, 5.74) is 7.49. The van der Waals surface area contributed by atoms with Gasteiger partial charge in [-0.3, -0.25) is 10.1 Å². The summed E-state index contributed by atoms with van der Waals surface area (Å²) in [6.45, 7) is 3.65. The summed E-state index contributed by atoms with van der Waals surface area (Å²) < 4.78 is 0. The Kier molecular flexibility index (Phi) is 3.19. The fraction of sp³-hybridized carbons (Fsp3) is 0.400. The van der Waals surface area contributed by atoms with Crippen LogP contribution in [-0.2, 0) is 6.42 Å². The number of hydrogen-bond acceptors (Lipinski definition) is 3. The van der Waals surface area contributed by atoms with Crippen molar-refractivity contribution in [1.29, 1.82) is 0 Å². The highest BCUT2D eigenvalue weighted by molar-refractivity contribution is 5.44. The Balaban J connectivity index is 3.07. The number of nitro groups is 1. The second-order valence-electron chi connectivity index (χ2n) is 3.50. The van der Waals surface area contributed by atoms with E-state index in [1.807, 2.05) is 13.0 Å². The SMILES string of the molecule is Cc1c(CC(C)N)cccc1[N+](=O)[O-]. The molecule has 0 radical (unpaired) electrons. The highest BCUT2D eigenvalue weighted by Crippen LogP contribution is 2.21. The lowest BCUT2D eigenvalue weighted by atomic mass is 10.0. The Labute approximate surface area is 82.9 Å². The average molecular weight is 194 g/mol. The zero-order valence-electron chi connectivity index (χ0n) is 8.36. The van der Waals surface area contributed by atoms with Gasteiger partial charge in [0.15, 0.2) is 0 Å². The molecule has 4 heteroatoms. The number of hydrogen-bond donors (Lipinski definition) is 1. The molecule has 14 heavy (non-hydrogen) atoms. The van der Waals surface area contributed by atoms with Crippen LogP contribution in [0.3, 0.4) is 0 Å². The Hall–Kier alpha value is -1.42. The summed E-state index contributed by atoms with van der Waals surface area (Å²) >= 11 is 0. The molecule has 76 valence electrons. The summed E-state index contributed by atoms with van der Waals surface area (Å²) in [6.07, 6.45) is 0.674. The van der Waals surface area contributed by atoms with Crippen LogP contribution >= 0.6 is 0 Å². The van der Waals surface area contributed by atoms with Crippen LogP contribution in [-0.4, -0.2) is 11.0 Å². The van der Waals surface area contributed by atoms with Gasteiger partial charge in [-0.05, 0) is 25.8 Å². The predicted molar refractivity (Wildman–Crippen MR) is 55.2 cm³/mol. The van der Waals surface area contributed by atoms with E-state index in [1.54, 1.807) is 13.0 Å². The Bertz CT molecular complexity index is 348. The smallest absolute Gasteiger partial charge is 0.272 e. The van der Waals surface area contributed by atoms with Gasteiger partial charge in [-0.1, -0.05) is 12.1 Å². The van der Waals surface area contributed by atoms with Crippen molar-refractivity contribution in [2.24, 2.45) is 5.73 Å². The number of benzene rings is 1. The number of rotatable bonds is 3. The first-order valence-corrected chi connectivity index (χ1v) is 4.51. The summed E-state index contributed by atoms with van der Waals surface area (Å²) in [6, 6.07) is 5.12. The van der Waals surface area contributed by atoms with Gasteiger partial charge < -0.3 is 5.73 Å². The minimum absolute atomic E-state index is 0.0238. The zero-order valence-corrected chi connectivity index (χ0v) is 8.36. The number of nitro benzene ring substituents is 1. The van der Waals surface area contributed by atoms with Crippen molar-refractivity contribution in [3.05, 3.63) is 39.4 Å². The van der Waals surface area contributed by atoms with Crippen LogP contribution in [0.15, 0.2) is 18.2 Å². The lowest BCUT2D eigenvalue weighted by Crippen LogP contribution is -2.18. The Morgan fingerprint density at radius 1 is 1.57 bits per heavy atom. The van der Waals surface area contributed by atoms with Crippen molar-refractivity contribution in [2.45, 2.75) is 26.3 Å². The lowest BCUT2D eigenvalue weighted by molar-refractivity contribution is -0.385. The van der Waals surface area contributed by atoms with E-state index in [0.717, 1.165) is 11.1 Å². The van der Waals surface area contributed by atoms with E-state index in [1.165, 1.54) is 6.07 Å². The molecular formula is C10H14N2O2. The van der Waals surface area contributed by atoms with E-state index < -0.39 is 0 Å². The molecule has 2 N–H and O–H groups in total. The minimum Gasteiger partial charge on any atom is -0.328 e. The van der Waals surface area contributed by atoms with Gasteiger partial charge in [0.05, 0.1) is 4.92 Å². The van der Waals surface area contributed by atoms with Crippen LogP contribution in [0, 0.1) is 17.0 Å². The van der Waals surface area contributed by atoms with Gasteiger partial charge >= 0.3 is 0 Å². The first kappa shape index (κ1) is 10.7. The van der Waals surface area contributed by atoms with E-state index in [4.69, 9.17) is 5.73 Å². The summed E-state index contributed by atoms with van der Waals surface area (Å²) in [4.78, 5) is 10.3. The van der Waals surface area contributed by atoms with E-state index in [9.17, 15) is 10.1 Å². The van der Waals surface area contributed by atoms with Gasteiger partial charge in [-0.2, -0.15) is 0 Å². The molecule has 0 heterocycles. The standard InChI is InChI=1S/C10H14N2O2/c1-7(11)6-9-4-3-5-10(8(9)2)12(13)14/h3-5,7H,6,11H2,1-2H3. The van der Waals surface area contributed by atoms with Gasteiger partial charge in [0, 0.05) is 17.7 Å². The van der Waals surface area contributed by atoms with Crippen LogP contribution < -0.4 is 5.73 Å². The second kappa shape index (κ2) is 4.19.